The van der Waals surface area contributed by atoms with Gasteiger partial charge in [0.15, 0.2) is 0 Å². The summed E-state index contributed by atoms with van der Waals surface area (Å²) in [6.07, 6.45) is 4.50. The minimum atomic E-state index is -0.390. The first-order valence-electron chi connectivity index (χ1n) is 13.3. The zero-order valence-corrected chi connectivity index (χ0v) is 23.1. The van der Waals surface area contributed by atoms with Crippen molar-refractivity contribution in [2.75, 3.05) is 6.54 Å². The third-order valence-electron chi connectivity index (χ3n) is 6.66. The van der Waals surface area contributed by atoms with Crippen LogP contribution < -0.4 is 5.73 Å². The summed E-state index contributed by atoms with van der Waals surface area (Å²) in [5.41, 5.74) is 10.7. The summed E-state index contributed by atoms with van der Waals surface area (Å²) < 4.78 is 2.46. The van der Waals surface area contributed by atoms with Gasteiger partial charge in [-0.2, -0.15) is 0 Å². The van der Waals surface area contributed by atoms with Gasteiger partial charge >= 0.3 is 0 Å². The molecule has 4 rings (SSSR count). The summed E-state index contributed by atoms with van der Waals surface area (Å²) in [4.78, 5) is 21.9. The lowest BCUT2D eigenvalue weighted by Crippen LogP contribution is -2.26. The fraction of sp³-hybridized carbons (Fsp3) is 0.355. The number of hydrogen-bond acceptors (Lipinski definition) is 4. The largest absolute Gasteiger partial charge is 0.366 e. The molecule has 2 aromatic heterocycles. The number of carbonyl (C=O) groups is 1. The minimum absolute atomic E-state index is 0.390. The fourth-order valence-corrected chi connectivity index (χ4v) is 5.49. The maximum absolute atomic E-state index is 11.5. The number of benzene rings is 2. The van der Waals surface area contributed by atoms with Gasteiger partial charge in [-0.3, -0.25) is 9.69 Å². The van der Waals surface area contributed by atoms with Crippen LogP contribution in [0.1, 0.15) is 66.0 Å². The molecule has 0 radical (unpaired) electrons. The van der Waals surface area contributed by atoms with Gasteiger partial charge in [0, 0.05) is 35.6 Å². The maximum atomic E-state index is 11.5. The van der Waals surface area contributed by atoms with E-state index in [1.54, 1.807) is 0 Å². The number of nitrogens with zero attached hydrogens (tertiary/aromatic N) is 3. The Hall–Kier alpha value is -3.22. The maximum Gasteiger partial charge on any atom is 0.248 e. The quantitative estimate of drug-likeness (QED) is 0.204. The molecule has 0 spiro atoms. The molecule has 194 valence electrons. The van der Waals surface area contributed by atoms with E-state index in [0.717, 1.165) is 68.9 Å². The van der Waals surface area contributed by atoms with Crippen LogP contribution in [0, 0.1) is 6.92 Å². The van der Waals surface area contributed by atoms with Crippen molar-refractivity contribution in [3.63, 3.8) is 0 Å². The highest BCUT2D eigenvalue weighted by Crippen LogP contribution is 2.35. The average Bonchev–Trinajstić information content (AvgIpc) is 3.50. The number of unbranched alkanes of at least 4 members (excludes halogenated alkanes) is 2. The zero-order chi connectivity index (χ0) is 26.2. The molecule has 0 fully saturated rings. The molecule has 1 amide bonds. The summed E-state index contributed by atoms with van der Waals surface area (Å²) in [6.45, 7) is 10.2. The number of hydrogen-bond donors (Lipinski definition) is 1. The number of aryl methyl sites for hydroxylation is 1. The first-order chi connectivity index (χ1) is 18.0. The second-order valence-electron chi connectivity index (χ2n) is 9.64. The molecule has 0 aliphatic rings. The monoisotopic (exact) mass is 514 g/mol. The van der Waals surface area contributed by atoms with Gasteiger partial charge in [0.25, 0.3) is 0 Å². The molecule has 2 N–H and O–H groups in total. The van der Waals surface area contributed by atoms with E-state index in [0.29, 0.717) is 5.56 Å². The van der Waals surface area contributed by atoms with Crippen LogP contribution in [0.25, 0.3) is 22.0 Å². The van der Waals surface area contributed by atoms with E-state index in [1.165, 1.54) is 21.0 Å². The molecule has 5 nitrogen and oxygen atoms in total. The standard InChI is InChI=1S/C31H38N4OS/c1-4-6-19-34(21-24-14-16-25(17-15-24)30(32)36)22-27-29(28-18-13-23(3)37-28)33-31(35(27)20-7-5-2)26-11-9-8-10-12-26/h8-18H,4-7,19-22H2,1-3H3,(H2,32,36). The van der Waals surface area contributed by atoms with Crippen molar-refractivity contribution in [1.82, 2.24) is 14.5 Å². The molecule has 4 aromatic rings. The number of nitrogens with two attached hydrogens (primary N) is 1. The average molecular weight is 515 g/mol. The molecule has 0 aliphatic carbocycles. The van der Waals surface area contributed by atoms with Crippen molar-refractivity contribution in [3.8, 4) is 22.0 Å². The Morgan fingerprint density at radius 2 is 1.68 bits per heavy atom. The topological polar surface area (TPSA) is 64.2 Å². The van der Waals surface area contributed by atoms with Gasteiger partial charge in [0.1, 0.15) is 11.5 Å². The molecule has 0 unspecified atom stereocenters. The molecule has 0 saturated heterocycles. The minimum Gasteiger partial charge on any atom is -0.366 e. The Morgan fingerprint density at radius 1 is 0.946 bits per heavy atom. The SMILES string of the molecule is CCCCN(Cc1ccc(C(N)=O)cc1)Cc1c(-c2ccc(C)s2)nc(-c2ccccc2)n1CCCC. The molecule has 0 bridgehead atoms. The third kappa shape index (κ3) is 6.76. The van der Waals surface area contributed by atoms with Crippen LogP contribution in [-0.4, -0.2) is 26.9 Å². The van der Waals surface area contributed by atoms with E-state index in [2.05, 4.69) is 72.7 Å². The highest BCUT2D eigenvalue weighted by molar-refractivity contribution is 7.15. The van der Waals surface area contributed by atoms with Gasteiger partial charge in [-0.05, 0) is 56.1 Å². The van der Waals surface area contributed by atoms with Crippen LogP contribution in [0.4, 0.5) is 0 Å². The predicted octanol–water partition coefficient (Wildman–Crippen LogP) is 7.29. The molecule has 2 aromatic carbocycles. The van der Waals surface area contributed by atoms with E-state index < -0.39 is 5.91 Å². The number of primary amides is 1. The van der Waals surface area contributed by atoms with E-state index in [4.69, 9.17) is 10.7 Å². The summed E-state index contributed by atoms with van der Waals surface area (Å²) in [5.74, 6) is 0.657. The fourth-order valence-electron chi connectivity index (χ4n) is 4.61. The second-order valence-corrected chi connectivity index (χ2v) is 10.9. The summed E-state index contributed by atoms with van der Waals surface area (Å²) in [6, 6.07) is 22.7. The second kappa shape index (κ2) is 12.8. The van der Waals surface area contributed by atoms with E-state index >= 15 is 0 Å². The van der Waals surface area contributed by atoms with Crippen LogP contribution in [-0.2, 0) is 19.6 Å². The van der Waals surface area contributed by atoms with Crippen molar-refractivity contribution >= 4 is 17.2 Å². The Kier molecular flexibility index (Phi) is 9.31. The van der Waals surface area contributed by atoms with Crippen molar-refractivity contribution in [2.24, 2.45) is 5.73 Å². The molecule has 0 aliphatic heterocycles. The highest BCUT2D eigenvalue weighted by atomic mass is 32.1. The van der Waals surface area contributed by atoms with Crippen molar-refractivity contribution in [2.45, 2.75) is 66.1 Å². The first-order valence-corrected chi connectivity index (χ1v) is 14.1. The van der Waals surface area contributed by atoms with E-state index in [9.17, 15) is 4.79 Å². The van der Waals surface area contributed by atoms with Crippen LogP contribution in [0.3, 0.4) is 0 Å². The van der Waals surface area contributed by atoms with E-state index in [1.807, 2.05) is 35.6 Å². The number of imidazole rings is 1. The predicted molar refractivity (Wildman–Crippen MR) is 155 cm³/mol. The molecular weight excluding hydrogens is 476 g/mol. The zero-order valence-electron chi connectivity index (χ0n) is 22.2. The Balaban J connectivity index is 1.76. The van der Waals surface area contributed by atoms with Crippen LogP contribution in [0.5, 0.6) is 0 Å². The Labute approximate surface area is 225 Å². The van der Waals surface area contributed by atoms with Crippen molar-refractivity contribution < 1.29 is 4.79 Å². The van der Waals surface area contributed by atoms with E-state index in [-0.39, 0.29) is 0 Å². The molecule has 37 heavy (non-hydrogen) atoms. The van der Waals surface area contributed by atoms with Gasteiger partial charge in [-0.25, -0.2) is 4.98 Å². The molecule has 0 atom stereocenters. The van der Waals surface area contributed by atoms with Crippen LogP contribution in [0.2, 0.25) is 0 Å². The normalized spacial score (nSPS) is 11.4. The number of carbonyl (C=O) groups excluding carboxylic acids is 1. The lowest BCUT2D eigenvalue weighted by atomic mass is 10.1. The van der Waals surface area contributed by atoms with Gasteiger partial charge < -0.3 is 10.3 Å². The van der Waals surface area contributed by atoms with Gasteiger partial charge in [-0.15, -0.1) is 11.3 Å². The summed E-state index contributed by atoms with van der Waals surface area (Å²) in [7, 11) is 0. The molecule has 0 saturated carbocycles. The smallest absolute Gasteiger partial charge is 0.248 e. The van der Waals surface area contributed by atoms with Gasteiger partial charge in [0.2, 0.25) is 5.91 Å². The van der Waals surface area contributed by atoms with Crippen LogP contribution >= 0.6 is 11.3 Å². The van der Waals surface area contributed by atoms with Crippen molar-refractivity contribution in [1.29, 1.82) is 0 Å². The molecule has 6 heteroatoms. The number of thiophene rings is 1. The van der Waals surface area contributed by atoms with Crippen molar-refractivity contribution in [3.05, 3.63) is 88.4 Å². The lowest BCUT2D eigenvalue weighted by molar-refractivity contribution is 0.1000. The number of amides is 1. The van der Waals surface area contributed by atoms with Crippen LogP contribution in [0.15, 0.2) is 66.7 Å². The summed E-state index contributed by atoms with van der Waals surface area (Å²) >= 11 is 1.81. The summed E-state index contributed by atoms with van der Waals surface area (Å²) in [5, 5.41) is 0. The highest BCUT2D eigenvalue weighted by Gasteiger charge is 2.22. The van der Waals surface area contributed by atoms with Gasteiger partial charge in [-0.1, -0.05) is 69.2 Å². The number of aromatic nitrogens is 2. The Morgan fingerprint density at radius 3 is 2.30 bits per heavy atom. The lowest BCUT2D eigenvalue weighted by Gasteiger charge is -2.24. The molecule has 2 heterocycles. The third-order valence-corrected chi connectivity index (χ3v) is 7.67. The number of rotatable bonds is 13. The first kappa shape index (κ1) is 26.8. The Bertz CT molecular complexity index is 1290. The molecular formula is C31H38N4OS. The van der Waals surface area contributed by atoms with Gasteiger partial charge in [0.05, 0.1) is 10.6 Å².